The molecular weight excluding hydrogens is 379 g/mol. The Balaban J connectivity index is 2.57. The van der Waals surface area contributed by atoms with Gasteiger partial charge in [0.15, 0.2) is 0 Å². The van der Waals surface area contributed by atoms with Gasteiger partial charge in [-0.25, -0.2) is 25.5 Å². The Bertz CT molecular complexity index is 1060. The fourth-order valence-corrected chi connectivity index (χ4v) is 4.76. The molecule has 2 aromatic rings. The van der Waals surface area contributed by atoms with Crippen molar-refractivity contribution in [1.29, 1.82) is 0 Å². The molecule has 142 valence electrons. The highest BCUT2D eigenvalue weighted by atomic mass is 32.2. The molecule has 0 aromatic heterocycles. The lowest BCUT2D eigenvalue weighted by molar-refractivity contribution is 0.520. The minimum Gasteiger partial charge on any atom is -0.279 e. The van der Waals surface area contributed by atoms with Crippen LogP contribution in [0.1, 0.15) is 16.7 Å². The quantitative estimate of drug-likeness (QED) is 0.837. The van der Waals surface area contributed by atoms with E-state index in [-0.39, 0.29) is 21.0 Å². The maximum absolute atomic E-state index is 13.3. The third-order valence-corrected chi connectivity index (χ3v) is 7.41. The maximum atomic E-state index is 13.3. The molecule has 0 aliphatic heterocycles. The number of nitrogens with zero attached hydrogens (tertiary/aromatic N) is 1. The van der Waals surface area contributed by atoms with Crippen molar-refractivity contribution in [3.05, 3.63) is 52.8 Å². The van der Waals surface area contributed by atoms with E-state index in [4.69, 9.17) is 0 Å². The minimum absolute atomic E-state index is 0.0147. The molecule has 0 aliphatic rings. The first-order valence-corrected chi connectivity index (χ1v) is 10.6. The molecule has 2 aromatic carbocycles. The second-order valence-electron chi connectivity index (χ2n) is 6.22. The molecule has 0 fully saturated rings. The number of nitrogens with one attached hydrogen (secondary N) is 1. The first-order valence-electron chi connectivity index (χ1n) is 7.69. The summed E-state index contributed by atoms with van der Waals surface area (Å²) >= 11 is 0. The van der Waals surface area contributed by atoms with Gasteiger partial charge >= 0.3 is 0 Å². The van der Waals surface area contributed by atoms with Gasteiger partial charge in [0.05, 0.1) is 15.5 Å². The lowest BCUT2D eigenvalue weighted by Gasteiger charge is -2.17. The first kappa shape index (κ1) is 20.3. The SMILES string of the molecule is Cc1cc(F)ccc1S(=O)(=O)Nc1cc(S(=O)(=O)N(C)C)cc(C)c1C. The van der Waals surface area contributed by atoms with E-state index in [1.54, 1.807) is 13.8 Å². The summed E-state index contributed by atoms with van der Waals surface area (Å²) in [6.45, 7) is 4.88. The topological polar surface area (TPSA) is 83.5 Å². The average Bonchev–Trinajstić information content (AvgIpc) is 2.50. The molecule has 0 radical (unpaired) electrons. The summed E-state index contributed by atoms with van der Waals surface area (Å²) in [6, 6.07) is 6.14. The molecule has 0 atom stereocenters. The van der Waals surface area contributed by atoms with Crippen molar-refractivity contribution in [2.75, 3.05) is 18.8 Å². The van der Waals surface area contributed by atoms with E-state index in [1.807, 2.05) is 0 Å². The molecule has 2 rings (SSSR count). The van der Waals surface area contributed by atoms with Crippen LogP contribution in [0.25, 0.3) is 0 Å². The molecule has 0 spiro atoms. The zero-order valence-electron chi connectivity index (χ0n) is 15.2. The van der Waals surface area contributed by atoms with E-state index in [0.717, 1.165) is 16.4 Å². The van der Waals surface area contributed by atoms with Crippen LogP contribution >= 0.6 is 0 Å². The van der Waals surface area contributed by atoms with Crippen LogP contribution < -0.4 is 4.72 Å². The predicted molar refractivity (Wildman–Crippen MR) is 98.7 cm³/mol. The monoisotopic (exact) mass is 400 g/mol. The molecule has 0 aliphatic carbocycles. The van der Waals surface area contributed by atoms with Gasteiger partial charge in [0.25, 0.3) is 10.0 Å². The Kier molecular flexibility index (Phi) is 5.46. The van der Waals surface area contributed by atoms with Crippen LogP contribution in [-0.4, -0.2) is 35.2 Å². The molecular formula is C17H21FN2O4S2. The zero-order chi connectivity index (χ0) is 19.9. The van der Waals surface area contributed by atoms with Crippen LogP contribution in [0.15, 0.2) is 40.1 Å². The Labute approximate surface area is 153 Å². The number of hydrogen-bond acceptors (Lipinski definition) is 4. The van der Waals surface area contributed by atoms with Crippen molar-refractivity contribution in [3.63, 3.8) is 0 Å². The second kappa shape index (κ2) is 6.98. The van der Waals surface area contributed by atoms with Crippen molar-refractivity contribution in [1.82, 2.24) is 4.31 Å². The van der Waals surface area contributed by atoms with E-state index in [0.29, 0.717) is 11.1 Å². The molecule has 0 heterocycles. The fourth-order valence-electron chi connectivity index (χ4n) is 2.41. The molecule has 1 N–H and O–H groups in total. The highest BCUT2D eigenvalue weighted by molar-refractivity contribution is 7.92. The highest BCUT2D eigenvalue weighted by Gasteiger charge is 2.23. The van der Waals surface area contributed by atoms with Crippen LogP contribution in [0.3, 0.4) is 0 Å². The van der Waals surface area contributed by atoms with E-state index in [1.165, 1.54) is 39.2 Å². The molecule has 0 saturated carbocycles. The van der Waals surface area contributed by atoms with Crippen molar-refractivity contribution in [2.24, 2.45) is 0 Å². The number of aryl methyl sites for hydroxylation is 2. The van der Waals surface area contributed by atoms with Gasteiger partial charge in [-0.2, -0.15) is 0 Å². The van der Waals surface area contributed by atoms with Crippen LogP contribution in [0.2, 0.25) is 0 Å². The van der Waals surface area contributed by atoms with Gasteiger partial charge in [0, 0.05) is 14.1 Å². The van der Waals surface area contributed by atoms with E-state index >= 15 is 0 Å². The number of benzene rings is 2. The standard InChI is InChI=1S/C17H21FN2O4S2/c1-11-9-15(26(23,24)20(4)5)10-16(13(11)3)19-25(21,22)17-7-6-14(18)8-12(17)2/h6-10,19H,1-5H3. The Morgan fingerprint density at radius 2 is 1.54 bits per heavy atom. The van der Waals surface area contributed by atoms with Gasteiger partial charge in [0.1, 0.15) is 5.82 Å². The summed E-state index contributed by atoms with van der Waals surface area (Å²) < 4.78 is 66.9. The summed E-state index contributed by atoms with van der Waals surface area (Å²) in [5.74, 6) is -0.535. The smallest absolute Gasteiger partial charge is 0.262 e. The summed E-state index contributed by atoms with van der Waals surface area (Å²) in [7, 11) is -4.93. The largest absolute Gasteiger partial charge is 0.279 e. The number of rotatable bonds is 5. The molecule has 0 saturated heterocycles. The Morgan fingerprint density at radius 1 is 0.923 bits per heavy atom. The molecule has 9 heteroatoms. The number of hydrogen-bond donors (Lipinski definition) is 1. The van der Waals surface area contributed by atoms with Gasteiger partial charge in [-0.3, -0.25) is 4.72 Å². The molecule has 0 bridgehead atoms. The summed E-state index contributed by atoms with van der Waals surface area (Å²) in [4.78, 5) is -0.0871. The van der Waals surface area contributed by atoms with Crippen LogP contribution in [0.5, 0.6) is 0 Å². The lowest BCUT2D eigenvalue weighted by atomic mass is 10.1. The summed E-state index contributed by atoms with van der Waals surface area (Å²) in [5, 5.41) is 0. The number of sulfonamides is 2. The Morgan fingerprint density at radius 3 is 2.08 bits per heavy atom. The predicted octanol–water partition coefficient (Wildman–Crippen LogP) is 2.80. The van der Waals surface area contributed by atoms with Crippen molar-refractivity contribution in [3.8, 4) is 0 Å². The maximum Gasteiger partial charge on any atom is 0.262 e. The Hall–Kier alpha value is -1.97. The minimum atomic E-state index is -4.01. The zero-order valence-corrected chi connectivity index (χ0v) is 16.8. The fraction of sp³-hybridized carbons (Fsp3) is 0.294. The normalized spacial score (nSPS) is 12.4. The van der Waals surface area contributed by atoms with Gasteiger partial charge in [-0.05, 0) is 67.8 Å². The van der Waals surface area contributed by atoms with Crippen LogP contribution in [0.4, 0.5) is 10.1 Å². The first-order chi connectivity index (χ1) is 11.9. The molecule has 0 amide bonds. The van der Waals surface area contributed by atoms with Crippen molar-refractivity contribution >= 4 is 25.7 Å². The average molecular weight is 400 g/mol. The van der Waals surface area contributed by atoms with E-state index < -0.39 is 25.9 Å². The van der Waals surface area contributed by atoms with E-state index in [9.17, 15) is 21.2 Å². The summed E-state index contributed by atoms with van der Waals surface area (Å²) in [5.41, 5.74) is 1.64. The lowest BCUT2D eigenvalue weighted by Crippen LogP contribution is -2.23. The van der Waals surface area contributed by atoms with E-state index in [2.05, 4.69) is 4.72 Å². The third-order valence-electron chi connectivity index (χ3n) is 4.09. The van der Waals surface area contributed by atoms with Crippen LogP contribution in [-0.2, 0) is 20.0 Å². The van der Waals surface area contributed by atoms with Gasteiger partial charge in [-0.1, -0.05) is 0 Å². The van der Waals surface area contributed by atoms with Gasteiger partial charge < -0.3 is 0 Å². The third kappa shape index (κ3) is 3.89. The number of halogens is 1. The van der Waals surface area contributed by atoms with Crippen molar-refractivity contribution in [2.45, 2.75) is 30.6 Å². The van der Waals surface area contributed by atoms with Gasteiger partial charge in [0.2, 0.25) is 10.0 Å². The number of anilines is 1. The van der Waals surface area contributed by atoms with Gasteiger partial charge in [-0.15, -0.1) is 0 Å². The molecule has 26 heavy (non-hydrogen) atoms. The van der Waals surface area contributed by atoms with Crippen LogP contribution in [0, 0.1) is 26.6 Å². The second-order valence-corrected chi connectivity index (χ2v) is 10.0. The van der Waals surface area contributed by atoms with Crippen molar-refractivity contribution < 1.29 is 21.2 Å². The summed E-state index contributed by atoms with van der Waals surface area (Å²) in [6.07, 6.45) is 0. The molecule has 6 nitrogen and oxygen atoms in total. The molecule has 0 unspecified atom stereocenters. The highest BCUT2D eigenvalue weighted by Crippen LogP contribution is 2.28.